The predicted molar refractivity (Wildman–Crippen MR) is 84.9 cm³/mol. The Morgan fingerprint density at radius 3 is 1.64 bits per heavy atom. The molecule has 0 heterocycles. The van der Waals surface area contributed by atoms with Crippen LogP contribution < -0.4 is 0 Å². The van der Waals surface area contributed by atoms with Crippen molar-refractivity contribution in [1.82, 2.24) is 0 Å². The first-order valence-corrected chi connectivity index (χ1v) is 8.69. The van der Waals surface area contributed by atoms with Crippen molar-refractivity contribution in [2.75, 3.05) is 0 Å². The van der Waals surface area contributed by atoms with Crippen LogP contribution in [-0.2, 0) is 0 Å². The summed E-state index contributed by atoms with van der Waals surface area (Å²) in [7, 11) is 0. The van der Waals surface area contributed by atoms with Gasteiger partial charge in [-0.1, -0.05) is 48.0 Å². The number of hydrogen-bond acceptors (Lipinski definition) is 1. The lowest BCUT2D eigenvalue weighted by Gasteiger charge is -2.36. The lowest BCUT2D eigenvalue weighted by atomic mass is 9.72. The van der Waals surface area contributed by atoms with Crippen molar-refractivity contribution in [3.05, 3.63) is 0 Å². The molecule has 1 rings (SSSR count). The Morgan fingerprint density at radius 1 is 0.960 bits per heavy atom. The molecule has 0 saturated heterocycles. The smallest absolute Gasteiger partial charge is 0.374 e. The fourth-order valence-corrected chi connectivity index (χ4v) is 3.90. The van der Waals surface area contributed by atoms with Gasteiger partial charge in [0.05, 0.1) is 0 Å². The van der Waals surface area contributed by atoms with Crippen molar-refractivity contribution in [1.29, 1.82) is 0 Å². The SMILES string of the molecule is CC(CCC(C1CC1(C)C)C(C)(C)C)CC(O)(C(F)(F)F)C(F)(F)F. The summed E-state index contributed by atoms with van der Waals surface area (Å²) in [6.45, 7) is 11.8. The van der Waals surface area contributed by atoms with Gasteiger partial charge < -0.3 is 5.11 Å². The highest BCUT2D eigenvalue weighted by Crippen LogP contribution is 2.61. The van der Waals surface area contributed by atoms with Gasteiger partial charge in [-0.15, -0.1) is 0 Å². The highest BCUT2D eigenvalue weighted by atomic mass is 19.4. The molecule has 0 amide bonds. The van der Waals surface area contributed by atoms with Gasteiger partial charge in [0, 0.05) is 0 Å². The Kier molecular flexibility index (Phi) is 5.97. The topological polar surface area (TPSA) is 20.2 Å². The van der Waals surface area contributed by atoms with E-state index in [-0.39, 0.29) is 23.2 Å². The van der Waals surface area contributed by atoms with Crippen LogP contribution in [0.25, 0.3) is 0 Å². The molecule has 7 heteroatoms. The van der Waals surface area contributed by atoms with Gasteiger partial charge in [0.25, 0.3) is 5.60 Å². The van der Waals surface area contributed by atoms with E-state index in [2.05, 4.69) is 34.6 Å². The second-order valence-corrected chi connectivity index (χ2v) is 9.51. The molecule has 1 N–H and O–H groups in total. The summed E-state index contributed by atoms with van der Waals surface area (Å²) < 4.78 is 76.9. The molecule has 0 aromatic carbocycles. The minimum atomic E-state index is -5.73. The van der Waals surface area contributed by atoms with E-state index in [1.54, 1.807) is 0 Å². The molecular formula is C18H30F6O. The molecule has 1 aliphatic rings. The van der Waals surface area contributed by atoms with Gasteiger partial charge in [-0.25, -0.2) is 0 Å². The Labute approximate surface area is 146 Å². The van der Waals surface area contributed by atoms with Crippen LogP contribution in [0.3, 0.4) is 0 Å². The fraction of sp³-hybridized carbons (Fsp3) is 1.00. The van der Waals surface area contributed by atoms with E-state index in [1.807, 2.05) is 0 Å². The zero-order chi connectivity index (χ0) is 20.1. The molecule has 3 unspecified atom stereocenters. The minimum absolute atomic E-state index is 0.0670. The maximum Gasteiger partial charge on any atom is 0.426 e. The van der Waals surface area contributed by atoms with E-state index in [0.717, 1.165) is 6.42 Å². The molecule has 0 radical (unpaired) electrons. The average molecular weight is 376 g/mol. The number of hydrogen-bond donors (Lipinski definition) is 1. The summed E-state index contributed by atoms with van der Waals surface area (Å²) in [5.41, 5.74) is -4.53. The predicted octanol–water partition coefficient (Wildman–Crippen LogP) is 6.36. The monoisotopic (exact) mass is 376 g/mol. The largest absolute Gasteiger partial charge is 0.426 e. The lowest BCUT2D eigenvalue weighted by molar-refractivity contribution is -0.372. The van der Waals surface area contributed by atoms with Gasteiger partial charge >= 0.3 is 12.4 Å². The molecule has 25 heavy (non-hydrogen) atoms. The molecule has 0 spiro atoms. The maximum atomic E-state index is 12.8. The number of alkyl halides is 6. The zero-order valence-corrected chi connectivity index (χ0v) is 15.8. The van der Waals surface area contributed by atoms with Crippen LogP contribution in [0.5, 0.6) is 0 Å². The summed E-state index contributed by atoms with van der Waals surface area (Å²) in [4.78, 5) is 0. The van der Waals surface area contributed by atoms with Crippen molar-refractivity contribution in [2.45, 2.75) is 85.2 Å². The second kappa shape index (κ2) is 6.61. The van der Waals surface area contributed by atoms with Crippen LogP contribution >= 0.6 is 0 Å². The van der Waals surface area contributed by atoms with Crippen molar-refractivity contribution in [3.63, 3.8) is 0 Å². The number of rotatable bonds is 6. The quantitative estimate of drug-likeness (QED) is 0.535. The van der Waals surface area contributed by atoms with Gasteiger partial charge in [-0.05, 0) is 47.8 Å². The Balaban J connectivity index is 2.79. The molecule has 0 aromatic rings. The van der Waals surface area contributed by atoms with Crippen LogP contribution in [-0.4, -0.2) is 23.1 Å². The van der Waals surface area contributed by atoms with E-state index in [4.69, 9.17) is 0 Å². The van der Waals surface area contributed by atoms with Gasteiger partial charge in [0.15, 0.2) is 0 Å². The van der Waals surface area contributed by atoms with E-state index in [0.29, 0.717) is 12.3 Å². The summed E-state index contributed by atoms with van der Waals surface area (Å²) in [6.07, 6.45) is -11.0. The summed E-state index contributed by atoms with van der Waals surface area (Å²) >= 11 is 0. The van der Waals surface area contributed by atoms with E-state index in [9.17, 15) is 31.4 Å². The standard InChI is InChI=1S/C18H30F6O/c1-11(9-16(25,17(19,20)21)18(22,23)24)7-8-12(14(2,3)4)13-10-15(13,5)6/h11-13,25H,7-10H2,1-6H3. The normalized spacial score (nSPS) is 24.1. The molecule has 0 bridgehead atoms. The molecule has 0 aromatic heterocycles. The van der Waals surface area contributed by atoms with Crippen LogP contribution in [0.15, 0.2) is 0 Å². The van der Waals surface area contributed by atoms with Gasteiger partial charge in [-0.3, -0.25) is 0 Å². The molecule has 3 atom stereocenters. The van der Waals surface area contributed by atoms with Gasteiger partial charge in [0.1, 0.15) is 0 Å². The molecule has 1 fully saturated rings. The van der Waals surface area contributed by atoms with Crippen LogP contribution in [0.1, 0.15) is 67.2 Å². The van der Waals surface area contributed by atoms with Gasteiger partial charge in [-0.2, -0.15) is 26.3 Å². The highest BCUT2D eigenvalue weighted by molar-refractivity contribution is 5.02. The lowest BCUT2D eigenvalue weighted by Crippen LogP contribution is -2.57. The first-order valence-electron chi connectivity index (χ1n) is 8.69. The van der Waals surface area contributed by atoms with Crippen molar-refractivity contribution in [2.24, 2.45) is 28.6 Å². The molecular weight excluding hydrogens is 346 g/mol. The Bertz CT molecular complexity index is 444. The summed E-state index contributed by atoms with van der Waals surface area (Å²) in [5, 5.41) is 9.33. The molecule has 1 saturated carbocycles. The Hall–Kier alpha value is -0.460. The third kappa shape index (κ3) is 5.04. The second-order valence-electron chi connectivity index (χ2n) is 9.51. The summed E-state index contributed by atoms with van der Waals surface area (Å²) in [6, 6.07) is 0. The third-order valence-corrected chi connectivity index (χ3v) is 5.74. The molecule has 0 aliphatic heterocycles. The zero-order valence-electron chi connectivity index (χ0n) is 15.8. The summed E-state index contributed by atoms with van der Waals surface area (Å²) in [5.74, 6) is -0.224. The molecule has 150 valence electrons. The van der Waals surface area contributed by atoms with Crippen LogP contribution in [0.2, 0.25) is 0 Å². The first kappa shape index (κ1) is 22.6. The Morgan fingerprint density at radius 2 is 1.36 bits per heavy atom. The van der Waals surface area contributed by atoms with Crippen molar-refractivity contribution in [3.8, 4) is 0 Å². The minimum Gasteiger partial charge on any atom is -0.374 e. The maximum absolute atomic E-state index is 12.8. The van der Waals surface area contributed by atoms with E-state index >= 15 is 0 Å². The molecule has 1 nitrogen and oxygen atoms in total. The number of aliphatic hydroxyl groups is 1. The third-order valence-electron chi connectivity index (χ3n) is 5.74. The first-order chi connectivity index (χ1) is 10.8. The van der Waals surface area contributed by atoms with Crippen LogP contribution in [0.4, 0.5) is 26.3 Å². The van der Waals surface area contributed by atoms with Crippen molar-refractivity contribution < 1.29 is 31.4 Å². The fourth-order valence-electron chi connectivity index (χ4n) is 3.90. The van der Waals surface area contributed by atoms with Crippen molar-refractivity contribution >= 4 is 0 Å². The van der Waals surface area contributed by atoms with Gasteiger partial charge in [0.2, 0.25) is 0 Å². The van der Waals surface area contributed by atoms with E-state index in [1.165, 1.54) is 6.92 Å². The number of halogens is 6. The van der Waals surface area contributed by atoms with Crippen LogP contribution in [0, 0.1) is 28.6 Å². The average Bonchev–Trinajstić information content (AvgIpc) is 2.93. The highest BCUT2D eigenvalue weighted by Gasteiger charge is 2.70. The van der Waals surface area contributed by atoms with E-state index < -0.39 is 30.3 Å². The molecule has 1 aliphatic carbocycles.